The number of carbonyl (C=O) groups is 1. The summed E-state index contributed by atoms with van der Waals surface area (Å²) >= 11 is 0. The molecule has 0 radical (unpaired) electrons. The summed E-state index contributed by atoms with van der Waals surface area (Å²) in [5.74, 6) is 0.0373. The summed E-state index contributed by atoms with van der Waals surface area (Å²) < 4.78 is 18.4. The monoisotopic (exact) mass is 326 g/mol. The van der Waals surface area contributed by atoms with Crippen LogP contribution in [0.25, 0.3) is 0 Å². The molecular formula is C12H17Cl2FN2O3. The van der Waals surface area contributed by atoms with E-state index in [9.17, 15) is 9.18 Å². The molecule has 8 heteroatoms. The Kier molecular flexibility index (Phi) is 8.29. The first-order chi connectivity index (χ1) is 8.66. The number of benzene rings is 1. The highest BCUT2D eigenvalue weighted by molar-refractivity contribution is 5.85. The number of nitrogens with zero attached hydrogens (tertiary/aromatic N) is 1. The van der Waals surface area contributed by atoms with Gasteiger partial charge >= 0.3 is 6.09 Å². The maximum absolute atomic E-state index is 12.9. The van der Waals surface area contributed by atoms with Crippen molar-refractivity contribution in [1.82, 2.24) is 10.2 Å². The maximum Gasteiger partial charge on any atom is 0.407 e. The number of amides is 1. The zero-order valence-electron chi connectivity index (χ0n) is 10.6. The van der Waals surface area contributed by atoms with Crippen molar-refractivity contribution in [2.45, 2.75) is 6.04 Å². The second-order valence-corrected chi connectivity index (χ2v) is 4.10. The fourth-order valence-electron chi connectivity index (χ4n) is 1.91. The van der Waals surface area contributed by atoms with E-state index in [0.717, 1.165) is 0 Å². The van der Waals surface area contributed by atoms with E-state index in [1.54, 1.807) is 12.1 Å². The zero-order valence-corrected chi connectivity index (χ0v) is 12.3. The molecule has 1 heterocycles. The van der Waals surface area contributed by atoms with Crippen LogP contribution >= 0.6 is 24.8 Å². The lowest BCUT2D eigenvalue weighted by atomic mass is 10.2. The van der Waals surface area contributed by atoms with Crippen molar-refractivity contribution in [2.24, 2.45) is 0 Å². The Bertz CT molecular complexity index is 437. The minimum absolute atomic E-state index is 0. The second kappa shape index (κ2) is 8.84. The number of nitrogens with one attached hydrogen (secondary N) is 1. The highest BCUT2D eigenvalue weighted by Crippen LogP contribution is 2.13. The van der Waals surface area contributed by atoms with E-state index >= 15 is 0 Å². The van der Waals surface area contributed by atoms with Crippen LogP contribution in [0.4, 0.5) is 9.18 Å². The Balaban J connectivity index is 0.00000180. The first kappa shape index (κ1) is 18.8. The Hall–Kier alpha value is -1.24. The third-order valence-corrected chi connectivity index (χ3v) is 2.83. The molecular weight excluding hydrogens is 310 g/mol. The van der Waals surface area contributed by atoms with Gasteiger partial charge in [-0.25, -0.2) is 9.18 Å². The molecule has 2 rings (SSSR count). The fourth-order valence-corrected chi connectivity index (χ4v) is 1.91. The number of halogens is 3. The van der Waals surface area contributed by atoms with Crippen molar-refractivity contribution < 1.29 is 19.0 Å². The lowest BCUT2D eigenvalue weighted by Gasteiger charge is -2.33. The molecule has 2 N–H and O–H groups in total. The van der Waals surface area contributed by atoms with Crippen LogP contribution in [-0.2, 0) is 0 Å². The standard InChI is InChI=1S/C12H15FN2O3.2ClH/c13-9-2-1-3-11(6-9)18-8-10-7-14-4-5-15(10)12(16)17;;/h1-3,6,10,14H,4-5,7-8H2,(H,16,17);2*1H. The van der Waals surface area contributed by atoms with Crippen LogP contribution in [0.3, 0.4) is 0 Å². The van der Waals surface area contributed by atoms with E-state index in [1.807, 2.05) is 0 Å². The molecule has 0 aromatic heterocycles. The SMILES string of the molecule is Cl.Cl.O=C(O)N1CCNCC1COc1cccc(F)c1. The van der Waals surface area contributed by atoms with Gasteiger partial charge in [-0.2, -0.15) is 0 Å². The van der Waals surface area contributed by atoms with Crippen LogP contribution in [0.15, 0.2) is 24.3 Å². The highest BCUT2D eigenvalue weighted by Gasteiger charge is 2.26. The van der Waals surface area contributed by atoms with Gasteiger partial charge in [0.15, 0.2) is 0 Å². The quantitative estimate of drug-likeness (QED) is 0.891. The van der Waals surface area contributed by atoms with Gasteiger partial charge in [-0.05, 0) is 12.1 Å². The Labute approximate surface area is 128 Å². The largest absolute Gasteiger partial charge is 0.491 e. The Morgan fingerprint density at radius 3 is 2.90 bits per heavy atom. The van der Waals surface area contributed by atoms with E-state index in [0.29, 0.717) is 25.4 Å². The van der Waals surface area contributed by atoms with E-state index in [2.05, 4.69) is 5.32 Å². The van der Waals surface area contributed by atoms with Crippen LogP contribution in [0, 0.1) is 5.82 Å². The summed E-state index contributed by atoms with van der Waals surface area (Å²) in [5.41, 5.74) is 0. The predicted octanol–water partition coefficient (Wildman–Crippen LogP) is 2.00. The van der Waals surface area contributed by atoms with Gasteiger partial charge in [0.05, 0.1) is 6.04 Å². The number of ether oxygens (including phenoxy) is 1. The predicted molar refractivity (Wildman–Crippen MR) is 77.8 cm³/mol. The van der Waals surface area contributed by atoms with E-state index in [1.165, 1.54) is 17.0 Å². The Morgan fingerprint density at radius 2 is 2.25 bits per heavy atom. The normalized spacial score (nSPS) is 17.6. The topological polar surface area (TPSA) is 61.8 Å². The van der Waals surface area contributed by atoms with E-state index < -0.39 is 6.09 Å². The molecule has 1 saturated heterocycles. The van der Waals surface area contributed by atoms with E-state index in [-0.39, 0.29) is 43.3 Å². The second-order valence-electron chi connectivity index (χ2n) is 4.10. The number of hydrogen-bond acceptors (Lipinski definition) is 3. The molecule has 1 aromatic carbocycles. The lowest BCUT2D eigenvalue weighted by Crippen LogP contribution is -2.55. The van der Waals surface area contributed by atoms with Crippen molar-refractivity contribution in [1.29, 1.82) is 0 Å². The van der Waals surface area contributed by atoms with Crippen LogP contribution in [0.5, 0.6) is 5.75 Å². The highest BCUT2D eigenvalue weighted by atomic mass is 35.5. The summed E-state index contributed by atoms with van der Waals surface area (Å²) in [6, 6.07) is 5.56. The van der Waals surface area contributed by atoms with Crippen LogP contribution in [0.2, 0.25) is 0 Å². The van der Waals surface area contributed by atoms with Crippen molar-refractivity contribution in [3.05, 3.63) is 30.1 Å². The van der Waals surface area contributed by atoms with Crippen molar-refractivity contribution in [3.63, 3.8) is 0 Å². The smallest absolute Gasteiger partial charge is 0.407 e. The van der Waals surface area contributed by atoms with Gasteiger partial charge in [-0.15, -0.1) is 24.8 Å². The lowest BCUT2D eigenvalue weighted by molar-refractivity contribution is 0.0902. The van der Waals surface area contributed by atoms with Gasteiger partial charge in [-0.1, -0.05) is 6.07 Å². The molecule has 20 heavy (non-hydrogen) atoms. The van der Waals surface area contributed by atoms with E-state index in [4.69, 9.17) is 9.84 Å². The van der Waals surface area contributed by atoms with Crippen LogP contribution in [-0.4, -0.2) is 48.4 Å². The van der Waals surface area contributed by atoms with Crippen molar-refractivity contribution in [3.8, 4) is 5.75 Å². The van der Waals surface area contributed by atoms with Gasteiger partial charge in [0, 0.05) is 25.7 Å². The number of rotatable bonds is 3. The van der Waals surface area contributed by atoms with Crippen LogP contribution < -0.4 is 10.1 Å². The maximum atomic E-state index is 12.9. The molecule has 0 bridgehead atoms. The first-order valence-corrected chi connectivity index (χ1v) is 5.75. The van der Waals surface area contributed by atoms with Gasteiger partial charge in [0.2, 0.25) is 0 Å². The summed E-state index contributed by atoms with van der Waals surface area (Å²) in [5, 5.41) is 12.1. The Morgan fingerprint density at radius 1 is 1.50 bits per heavy atom. The van der Waals surface area contributed by atoms with Crippen molar-refractivity contribution in [2.75, 3.05) is 26.2 Å². The van der Waals surface area contributed by atoms with Gasteiger partial charge in [0.25, 0.3) is 0 Å². The average Bonchev–Trinajstić information content (AvgIpc) is 2.37. The molecule has 1 aromatic rings. The third-order valence-electron chi connectivity index (χ3n) is 2.83. The molecule has 0 aliphatic carbocycles. The molecule has 1 aliphatic heterocycles. The molecule has 1 fully saturated rings. The summed E-state index contributed by atoms with van der Waals surface area (Å²) in [6.07, 6.45) is -0.954. The molecule has 5 nitrogen and oxygen atoms in total. The third kappa shape index (κ3) is 5.03. The molecule has 0 spiro atoms. The minimum atomic E-state index is -0.954. The minimum Gasteiger partial charge on any atom is -0.491 e. The molecule has 114 valence electrons. The fraction of sp³-hybridized carbons (Fsp3) is 0.417. The van der Waals surface area contributed by atoms with Crippen LogP contribution in [0.1, 0.15) is 0 Å². The number of hydrogen-bond donors (Lipinski definition) is 2. The summed E-state index contributed by atoms with van der Waals surface area (Å²) in [4.78, 5) is 12.4. The molecule has 1 aliphatic rings. The zero-order chi connectivity index (χ0) is 13.0. The number of carboxylic acid groups (broad SMARTS) is 1. The molecule has 1 unspecified atom stereocenters. The van der Waals surface area contributed by atoms with Crippen molar-refractivity contribution >= 4 is 30.9 Å². The summed E-state index contributed by atoms with van der Waals surface area (Å²) in [6.45, 7) is 1.83. The molecule has 1 atom stereocenters. The number of piperazine rings is 1. The first-order valence-electron chi connectivity index (χ1n) is 5.75. The molecule has 1 amide bonds. The summed E-state index contributed by atoms with van der Waals surface area (Å²) in [7, 11) is 0. The van der Waals surface area contributed by atoms with Gasteiger partial charge in [0.1, 0.15) is 18.2 Å². The molecule has 0 saturated carbocycles. The average molecular weight is 327 g/mol. The van der Waals surface area contributed by atoms with Gasteiger partial charge < -0.3 is 15.2 Å². The van der Waals surface area contributed by atoms with Gasteiger partial charge in [-0.3, -0.25) is 4.90 Å².